The third kappa shape index (κ3) is 4.30. The van der Waals surface area contributed by atoms with E-state index in [1.807, 2.05) is 0 Å². The Bertz CT molecular complexity index is 295. The van der Waals surface area contributed by atoms with Crippen molar-refractivity contribution in [3.8, 4) is 0 Å². The molecule has 0 aliphatic heterocycles. The van der Waals surface area contributed by atoms with E-state index in [1.165, 1.54) is 30.1 Å². The first-order valence-corrected chi connectivity index (χ1v) is 4.37. The summed E-state index contributed by atoms with van der Waals surface area (Å²) >= 11 is 0. The first-order valence-electron chi connectivity index (χ1n) is 4.37. The van der Waals surface area contributed by atoms with Gasteiger partial charge in [-0.2, -0.15) is 0 Å². The molecule has 0 fully saturated rings. The summed E-state index contributed by atoms with van der Waals surface area (Å²) in [5, 5.41) is 0. The van der Waals surface area contributed by atoms with Gasteiger partial charge in [0.15, 0.2) is 0 Å². The molecule has 0 radical (unpaired) electrons. The SMILES string of the molecule is Cc1ccc(C)cc1.c1ncncn1. The Morgan fingerprint density at radius 2 is 0.929 bits per heavy atom. The van der Waals surface area contributed by atoms with Crippen LogP contribution in [-0.2, 0) is 0 Å². The Morgan fingerprint density at radius 1 is 0.643 bits per heavy atom. The van der Waals surface area contributed by atoms with Crippen molar-refractivity contribution in [3.05, 3.63) is 54.4 Å². The predicted octanol–water partition coefficient (Wildman–Crippen LogP) is 2.18. The van der Waals surface area contributed by atoms with Crippen molar-refractivity contribution in [2.45, 2.75) is 13.8 Å². The first kappa shape index (κ1) is 10.3. The van der Waals surface area contributed by atoms with E-state index in [4.69, 9.17) is 0 Å². The summed E-state index contributed by atoms with van der Waals surface area (Å²) in [6, 6.07) is 8.48. The zero-order valence-electron chi connectivity index (χ0n) is 8.38. The largest absolute Gasteiger partial charge is 0.225 e. The minimum atomic E-state index is 1.33. The number of nitrogens with zero attached hydrogens (tertiary/aromatic N) is 3. The van der Waals surface area contributed by atoms with Crippen molar-refractivity contribution < 1.29 is 0 Å². The van der Waals surface area contributed by atoms with Crippen LogP contribution in [0, 0.1) is 13.8 Å². The van der Waals surface area contributed by atoms with Gasteiger partial charge in [-0.25, -0.2) is 15.0 Å². The van der Waals surface area contributed by atoms with Gasteiger partial charge in [-0.15, -0.1) is 0 Å². The molecule has 2 rings (SSSR count). The molecule has 1 aromatic carbocycles. The summed E-state index contributed by atoms with van der Waals surface area (Å²) < 4.78 is 0. The minimum absolute atomic E-state index is 1.33. The molecule has 0 atom stereocenters. The lowest BCUT2D eigenvalue weighted by molar-refractivity contribution is 1.05. The molecule has 0 bridgehead atoms. The van der Waals surface area contributed by atoms with Gasteiger partial charge in [0, 0.05) is 0 Å². The fourth-order valence-corrected chi connectivity index (χ4v) is 0.842. The van der Waals surface area contributed by atoms with Gasteiger partial charge in [0.1, 0.15) is 19.0 Å². The second kappa shape index (κ2) is 5.80. The predicted molar refractivity (Wildman–Crippen MR) is 55.7 cm³/mol. The highest BCUT2D eigenvalue weighted by Crippen LogP contribution is 1.99. The van der Waals surface area contributed by atoms with Crippen LogP contribution in [0.5, 0.6) is 0 Å². The van der Waals surface area contributed by atoms with Crippen molar-refractivity contribution in [2.75, 3.05) is 0 Å². The third-order valence-corrected chi connectivity index (χ3v) is 1.62. The van der Waals surface area contributed by atoms with Crippen LogP contribution >= 0.6 is 0 Å². The van der Waals surface area contributed by atoms with Crippen LogP contribution in [0.4, 0.5) is 0 Å². The fraction of sp³-hybridized carbons (Fsp3) is 0.182. The van der Waals surface area contributed by atoms with Gasteiger partial charge in [0.05, 0.1) is 0 Å². The molecule has 0 spiro atoms. The van der Waals surface area contributed by atoms with Crippen LogP contribution in [0.1, 0.15) is 11.1 Å². The molecule has 0 saturated carbocycles. The molecular formula is C11H13N3. The topological polar surface area (TPSA) is 38.7 Å². The summed E-state index contributed by atoms with van der Waals surface area (Å²) in [4.78, 5) is 10.7. The quantitative estimate of drug-likeness (QED) is 0.634. The second-order valence-electron chi connectivity index (χ2n) is 2.95. The van der Waals surface area contributed by atoms with Gasteiger partial charge in [-0.3, -0.25) is 0 Å². The molecule has 0 unspecified atom stereocenters. The summed E-state index contributed by atoms with van der Waals surface area (Å²) in [6.45, 7) is 4.19. The van der Waals surface area contributed by atoms with E-state index >= 15 is 0 Å². The Hall–Kier alpha value is -1.77. The monoisotopic (exact) mass is 187 g/mol. The molecule has 3 nitrogen and oxygen atoms in total. The zero-order chi connectivity index (χ0) is 10.2. The number of aryl methyl sites for hydroxylation is 2. The van der Waals surface area contributed by atoms with E-state index in [2.05, 4.69) is 53.1 Å². The maximum absolute atomic E-state index is 3.56. The van der Waals surface area contributed by atoms with Crippen LogP contribution in [0.2, 0.25) is 0 Å². The highest BCUT2D eigenvalue weighted by molar-refractivity contribution is 5.19. The van der Waals surface area contributed by atoms with E-state index in [0.29, 0.717) is 0 Å². The van der Waals surface area contributed by atoms with Gasteiger partial charge < -0.3 is 0 Å². The summed E-state index contributed by atoms with van der Waals surface area (Å²) in [7, 11) is 0. The van der Waals surface area contributed by atoms with E-state index < -0.39 is 0 Å². The molecule has 0 aliphatic rings. The molecule has 0 saturated heterocycles. The Morgan fingerprint density at radius 3 is 1.14 bits per heavy atom. The van der Waals surface area contributed by atoms with Gasteiger partial charge in [-0.1, -0.05) is 35.4 Å². The molecule has 72 valence electrons. The highest BCUT2D eigenvalue weighted by Gasteiger charge is 1.79. The van der Waals surface area contributed by atoms with Gasteiger partial charge in [0.25, 0.3) is 0 Å². The van der Waals surface area contributed by atoms with Gasteiger partial charge in [0.2, 0.25) is 0 Å². The second-order valence-corrected chi connectivity index (χ2v) is 2.95. The summed E-state index contributed by atoms with van der Waals surface area (Å²) in [6.07, 6.45) is 4.31. The average molecular weight is 187 g/mol. The third-order valence-electron chi connectivity index (χ3n) is 1.62. The van der Waals surface area contributed by atoms with E-state index in [0.717, 1.165) is 0 Å². The molecule has 3 heteroatoms. The van der Waals surface area contributed by atoms with Crippen molar-refractivity contribution >= 4 is 0 Å². The summed E-state index contributed by atoms with van der Waals surface area (Å²) in [5.41, 5.74) is 2.66. The number of aromatic nitrogens is 3. The summed E-state index contributed by atoms with van der Waals surface area (Å²) in [5.74, 6) is 0. The molecule has 0 amide bonds. The lowest BCUT2D eigenvalue weighted by Crippen LogP contribution is -1.73. The van der Waals surface area contributed by atoms with Gasteiger partial charge in [-0.05, 0) is 13.8 Å². The molecule has 1 aromatic heterocycles. The van der Waals surface area contributed by atoms with Crippen LogP contribution in [0.15, 0.2) is 43.2 Å². The van der Waals surface area contributed by atoms with Crippen molar-refractivity contribution in [3.63, 3.8) is 0 Å². The Labute approximate surface area is 83.9 Å². The minimum Gasteiger partial charge on any atom is -0.225 e. The number of benzene rings is 1. The highest BCUT2D eigenvalue weighted by atomic mass is 14.9. The normalized spacial score (nSPS) is 8.71. The molecule has 0 aliphatic carbocycles. The lowest BCUT2D eigenvalue weighted by atomic mass is 10.2. The number of hydrogen-bond acceptors (Lipinski definition) is 3. The number of rotatable bonds is 0. The smallest absolute Gasteiger partial charge is 0.119 e. The Kier molecular flexibility index (Phi) is 4.27. The average Bonchev–Trinajstić information content (AvgIpc) is 2.26. The van der Waals surface area contributed by atoms with Crippen LogP contribution in [0.25, 0.3) is 0 Å². The maximum atomic E-state index is 3.56. The zero-order valence-corrected chi connectivity index (χ0v) is 8.38. The molecule has 0 N–H and O–H groups in total. The molecule has 14 heavy (non-hydrogen) atoms. The van der Waals surface area contributed by atoms with E-state index in [9.17, 15) is 0 Å². The van der Waals surface area contributed by atoms with Crippen LogP contribution < -0.4 is 0 Å². The number of hydrogen-bond donors (Lipinski definition) is 0. The fourth-order valence-electron chi connectivity index (χ4n) is 0.842. The molecule has 2 aromatic rings. The standard InChI is InChI=1S/C8H10.C3H3N3/c1-7-3-5-8(2)6-4-7;1-4-2-6-3-5-1/h3-6H,1-2H3;1-3H. The van der Waals surface area contributed by atoms with Crippen molar-refractivity contribution in [2.24, 2.45) is 0 Å². The molecular weight excluding hydrogens is 174 g/mol. The maximum Gasteiger partial charge on any atom is 0.119 e. The van der Waals surface area contributed by atoms with Gasteiger partial charge >= 0.3 is 0 Å². The van der Waals surface area contributed by atoms with E-state index in [-0.39, 0.29) is 0 Å². The lowest BCUT2D eigenvalue weighted by Gasteiger charge is -1.90. The Balaban J connectivity index is 0.000000146. The first-order chi connectivity index (χ1) is 6.79. The van der Waals surface area contributed by atoms with Crippen LogP contribution in [0.3, 0.4) is 0 Å². The van der Waals surface area contributed by atoms with Crippen LogP contribution in [-0.4, -0.2) is 15.0 Å². The van der Waals surface area contributed by atoms with E-state index in [1.54, 1.807) is 0 Å². The van der Waals surface area contributed by atoms with Crippen molar-refractivity contribution in [1.82, 2.24) is 15.0 Å². The van der Waals surface area contributed by atoms with Crippen molar-refractivity contribution in [1.29, 1.82) is 0 Å². The molecule has 1 heterocycles.